The predicted molar refractivity (Wildman–Crippen MR) is 270 cm³/mol. The summed E-state index contributed by atoms with van der Waals surface area (Å²) in [4.78, 5) is 9.33. The molecule has 0 aliphatic heterocycles. The lowest BCUT2D eigenvalue weighted by Gasteiger charge is -2.22. The fourth-order valence-corrected chi connectivity index (χ4v) is 10.7. The van der Waals surface area contributed by atoms with Gasteiger partial charge in [0.05, 0.1) is 45.8 Å². The van der Waals surface area contributed by atoms with Crippen LogP contribution in [-0.2, 0) is 19.3 Å². The van der Waals surface area contributed by atoms with Gasteiger partial charge in [-0.25, -0.2) is 0 Å². The van der Waals surface area contributed by atoms with Gasteiger partial charge in [0.1, 0.15) is 0 Å². The highest BCUT2D eigenvalue weighted by Crippen LogP contribution is 2.46. The molecule has 0 N–H and O–H groups in total. The van der Waals surface area contributed by atoms with Crippen LogP contribution in [0.15, 0.2) is 164 Å². The number of fused-ring (bicyclic) bond motifs is 10. The summed E-state index contributed by atoms with van der Waals surface area (Å²) in [7, 11) is 0. The van der Waals surface area contributed by atoms with E-state index in [0.29, 0.717) is 0 Å². The summed E-state index contributed by atoms with van der Waals surface area (Å²) < 4.78 is 4.90. The van der Waals surface area contributed by atoms with Gasteiger partial charge < -0.3 is 9.13 Å². The van der Waals surface area contributed by atoms with Crippen LogP contribution in [0.2, 0.25) is 0 Å². The lowest BCUT2D eigenvalue weighted by atomic mass is 9.83. The van der Waals surface area contributed by atoms with E-state index in [4.69, 9.17) is 0 Å². The van der Waals surface area contributed by atoms with E-state index in [9.17, 15) is 0 Å². The lowest BCUT2D eigenvalue weighted by Crippen LogP contribution is -2.05. The molecule has 1 aliphatic rings. The molecule has 0 unspecified atom stereocenters. The number of nitrogens with zero attached hydrogens (tertiary/aromatic N) is 4. The van der Waals surface area contributed by atoms with E-state index in [2.05, 4.69) is 192 Å². The van der Waals surface area contributed by atoms with Crippen molar-refractivity contribution in [3.8, 4) is 44.8 Å². The average molecular weight is 825 g/mol. The third kappa shape index (κ3) is 5.89. The maximum atomic E-state index is 4.67. The Kier molecular flexibility index (Phi) is 8.98. The zero-order chi connectivity index (χ0) is 43.1. The van der Waals surface area contributed by atoms with Crippen LogP contribution in [0, 0.1) is 13.8 Å². The van der Waals surface area contributed by atoms with Crippen molar-refractivity contribution in [1.82, 2.24) is 19.1 Å². The number of allylic oxidation sites excluding steroid dienone is 1. The molecule has 0 atom stereocenters. The average Bonchev–Trinajstić information content (AvgIpc) is 3.82. The Labute approximate surface area is 373 Å². The maximum Gasteiger partial charge on any atom is 0.0674 e. The van der Waals surface area contributed by atoms with Crippen LogP contribution >= 0.6 is 0 Å². The molecular formula is C60H48N4. The standard InChI is InChI=1S/C60H48N4/c1-5-7-15-45-39(6-2)13-10-17-47(45)41-21-23-55-51(29-41)53-31-43-19-20-44-32-54-52-30-42(48-18-11-14-40-12-8-9-16-46(40)48)22-24-56(52)64(60-36-62-28-26-38(60)4)58(54)34-50(44)49(43)33-57(53)63(55)59-35-61-27-25-37(59)3/h7-18,21-36H,5-6,19-20H2,1-4H3/b15-7-. The lowest BCUT2D eigenvalue weighted by molar-refractivity contribution is 0.945. The van der Waals surface area contributed by atoms with E-state index in [1.165, 1.54) is 121 Å². The number of pyridine rings is 2. The van der Waals surface area contributed by atoms with E-state index >= 15 is 0 Å². The number of hydrogen-bond donors (Lipinski definition) is 0. The summed E-state index contributed by atoms with van der Waals surface area (Å²) in [6.07, 6.45) is 16.4. The summed E-state index contributed by atoms with van der Waals surface area (Å²) in [6, 6.07) is 50.4. The van der Waals surface area contributed by atoms with Gasteiger partial charge in [-0.05, 0) is 178 Å². The largest absolute Gasteiger partial charge is 0.307 e. The third-order valence-corrected chi connectivity index (χ3v) is 13.9. The molecule has 64 heavy (non-hydrogen) atoms. The summed E-state index contributed by atoms with van der Waals surface area (Å²) in [5, 5.41) is 7.60. The molecule has 0 amide bonds. The van der Waals surface area contributed by atoms with Crippen molar-refractivity contribution >= 4 is 60.5 Å². The zero-order valence-corrected chi connectivity index (χ0v) is 36.8. The number of benzene rings is 7. The van der Waals surface area contributed by atoms with Gasteiger partial charge in [0, 0.05) is 33.9 Å². The van der Waals surface area contributed by atoms with Crippen molar-refractivity contribution in [2.75, 3.05) is 0 Å². The van der Waals surface area contributed by atoms with Crippen molar-refractivity contribution in [3.63, 3.8) is 0 Å². The van der Waals surface area contributed by atoms with Crippen LogP contribution < -0.4 is 0 Å². The number of hydrogen-bond acceptors (Lipinski definition) is 2. The van der Waals surface area contributed by atoms with Gasteiger partial charge >= 0.3 is 0 Å². The van der Waals surface area contributed by atoms with Crippen LogP contribution in [-0.4, -0.2) is 19.1 Å². The van der Waals surface area contributed by atoms with E-state index < -0.39 is 0 Å². The number of aromatic nitrogens is 4. The summed E-state index contributed by atoms with van der Waals surface area (Å²) in [5.74, 6) is 0. The molecule has 12 rings (SSSR count). The van der Waals surface area contributed by atoms with Crippen LogP contribution in [0.3, 0.4) is 0 Å². The number of aryl methyl sites for hydroxylation is 5. The first-order valence-corrected chi connectivity index (χ1v) is 22.8. The topological polar surface area (TPSA) is 35.6 Å². The molecule has 4 nitrogen and oxygen atoms in total. The van der Waals surface area contributed by atoms with E-state index in [0.717, 1.165) is 37.1 Å². The molecule has 308 valence electrons. The second kappa shape index (κ2) is 15.1. The molecule has 0 fully saturated rings. The Morgan fingerprint density at radius 2 is 1.05 bits per heavy atom. The Bertz CT molecular complexity index is 3720. The van der Waals surface area contributed by atoms with E-state index in [1.807, 2.05) is 24.8 Å². The molecule has 1 aliphatic carbocycles. The highest BCUT2D eigenvalue weighted by molar-refractivity contribution is 6.15. The molecule has 0 bridgehead atoms. The molecular weight excluding hydrogens is 777 g/mol. The predicted octanol–water partition coefficient (Wildman–Crippen LogP) is 15.5. The summed E-state index contributed by atoms with van der Waals surface area (Å²) in [6.45, 7) is 8.85. The first-order valence-electron chi connectivity index (χ1n) is 22.8. The second-order valence-corrected chi connectivity index (χ2v) is 17.6. The van der Waals surface area contributed by atoms with Crippen molar-refractivity contribution < 1.29 is 0 Å². The smallest absolute Gasteiger partial charge is 0.0674 e. The van der Waals surface area contributed by atoms with Gasteiger partial charge in [-0.15, -0.1) is 0 Å². The third-order valence-electron chi connectivity index (χ3n) is 13.9. The molecule has 0 radical (unpaired) electrons. The Balaban J connectivity index is 1.11. The Morgan fingerprint density at radius 1 is 0.500 bits per heavy atom. The minimum Gasteiger partial charge on any atom is -0.307 e. The van der Waals surface area contributed by atoms with Crippen LogP contribution in [0.1, 0.15) is 53.6 Å². The molecule has 11 aromatic rings. The zero-order valence-electron chi connectivity index (χ0n) is 36.8. The molecule has 4 aromatic heterocycles. The van der Waals surface area contributed by atoms with Gasteiger partial charge in [-0.1, -0.05) is 98.8 Å². The maximum absolute atomic E-state index is 4.67. The monoisotopic (exact) mass is 824 g/mol. The van der Waals surface area contributed by atoms with Crippen LogP contribution in [0.5, 0.6) is 0 Å². The first-order chi connectivity index (χ1) is 31.5. The van der Waals surface area contributed by atoms with Crippen LogP contribution in [0.25, 0.3) is 105 Å². The summed E-state index contributed by atoms with van der Waals surface area (Å²) in [5.41, 5.74) is 22.5. The fourth-order valence-electron chi connectivity index (χ4n) is 10.7. The molecule has 0 saturated heterocycles. The van der Waals surface area contributed by atoms with E-state index in [1.54, 1.807) is 0 Å². The van der Waals surface area contributed by atoms with Gasteiger partial charge in [0.15, 0.2) is 0 Å². The van der Waals surface area contributed by atoms with Crippen molar-refractivity contribution in [2.45, 2.75) is 53.4 Å². The summed E-state index contributed by atoms with van der Waals surface area (Å²) >= 11 is 0. The van der Waals surface area contributed by atoms with Crippen molar-refractivity contribution in [3.05, 3.63) is 198 Å². The highest BCUT2D eigenvalue weighted by Gasteiger charge is 2.25. The molecule has 4 heteroatoms. The SMILES string of the molecule is CC/C=C\c1c(CC)cccc1-c1ccc2c(c1)c1cc3c(cc1n2-c1cnccc1C)-c1cc2c(cc1CC3)c1cc(-c3cccc4ccccc34)ccc1n2-c1cnccc1C. The van der Waals surface area contributed by atoms with Gasteiger partial charge in [0.2, 0.25) is 0 Å². The number of rotatable bonds is 7. The second-order valence-electron chi connectivity index (χ2n) is 17.6. The quantitative estimate of drug-likeness (QED) is 0.160. The molecule has 0 saturated carbocycles. The fraction of sp³-hybridized carbons (Fsp3) is 0.133. The normalized spacial score (nSPS) is 12.6. The Hall–Kier alpha value is -7.56. The minimum atomic E-state index is 0.980. The van der Waals surface area contributed by atoms with Gasteiger partial charge in [-0.2, -0.15) is 0 Å². The van der Waals surface area contributed by atoms with E-state index in [-0.39, 0.29) is 0 Å². The molecule has 7 aromatic carbocycles. The Morgan fingerprint density at radius 3 is 1.64 bits per heavy atom. The van der Waals surface area contributed by atoms with Crippen molar-refractivity contribution in [2.24, 2.45) is 0 Å². The van der Waals surface area contributed by atoms with Crippen LogP contribution in [0.4, 0.5) is 0 Å². The molecule has 0 spiro atoms. The highest BCUT2D eigenvalue weighted by atomic mass is 15.0. The minimum absolute atomic E-state index is 0.980. The molecule has 4 heterocycles. The van der Waals surface area contributed by atoms with Crippen molar-refractivity contribution in [1.29, 1.82) is 0 Å². The van der Waals surface area contributed by atoms with Gasteiger partial charge in [-0.3, -0.25) is 9.97 Å². The first kappa shape index (κ1) is 38.1. The van der Waals surface area contributed by atoms with Gasteiger partial charge in [0.25, 0.3) is 0 Å².